The second-order valence-corrected chi connectivity index (χ2v) is 4.47. The van der Waals surface area contributed by atoms with Gasteiger partial charge < -0.3 is 4.57 Å². The van der Waals surface area contributed by atoms with Crippen LogP contribution in [-0.2, 0) is 6.54 Å². The number of aromatic nitrogens is 3. The summed E-state index contributed by atoms with van der Waals surface area (Å²) in [6.45, 7) is 5.15. The fourth-order valence-electron chi connectivity index (χ4n) is 1.43. The molecule has 2 rings (SSSR count). The third kappa shape index (κ3) is 1.85. The van der Waals surface area contributed by atoms with Gasteiger partial charge in [-0.25, -0.2) is 9.97 Å². The van der Waals surface area contributed by atoms with Crippen molar-refractivity contribution in [2.75, 3.05) is 0 Å². The molecule has 2 aromatic rings. The Labute approximate surface area is 87.4 Å². The van der Waals surface area contributed by atoms with Crippen LogP contribution in [0.25, 0.3) is 0 Å². The van der Waals surface area contributed by atoms with Crippen molar-refractivity contribution in [1.29, 1.82) is 0 Å². The molecule has 14 heavy (non-hydrogen) atoms. The number of rotatable bonds is 3. The number of hydrogen-bond donors (Lipinski definition) is 0. The van der Waals surface area contributed by atoms with Crippen LogP contribution < -0.4 is 0 Å². The molecule has 0 aliphatic rings. The van der Waals surface area contributed by atoms with Crippen molar-refractivity contribution in [1.82, 2.24) is 14.5 Å². The molecular formula is C10H13N3S. The molecule has 0 N–H and O–H groups in total. The Bertz CT molecular complexity index is 389. The lowest BCUT2D eigenvalue weighted by atomic mass is 10.2. The molecule has 2 aromatic heterocycles. The van der Waals surface area contributed by atoms with Crippen LogP contribution in [0.15, 0.2) is 24.0 Å². The summed E-state index contributed by atoms with van der Waals surface area (Å²) in [6.07, 6.45) is 5.70. The topological polar surface area (TPSA) is 30.7 Å². The Morgan fingerprint density at radius 2 is 2.21 bits per heavy atom. The van der Waals surface area contributed by atoms with Crippen molar-refractivity contribution >= 4 is 11.3 Å². The highest BCUT2D eigenvalue weighted by molar-refractivity contribution is 7.09. The van der Waals surface area contributed by atoms with Gasteiger partial charge in [-0.2, -0.15) is 0 Å². The van der Waals surface area contributed by atoms with Gasteiger partial charge in [-0.05, 0) is 0 Å². The van der Waals surface area contributed by atoms with Crippen LogP contribution in [0.4, 0.5) is 0 Å². The Hall–Kier alpha value is -1.16. The van der Waals surface area contributed by atoms with Crippen molar-refractivity contribution in [3.8, 4) is 0 Å². The molecule has 0 aliphatic heterocycles. The van der Waals surface area contributed by atoms with Crippen LogP contribution in [0.1, 0.15) is 30.6 Å². The largest absolute Gasteiger partial charge is 0.328 e. The van der Waals surface area contributed by atoms with Crippen LogP contribution in [-0.4, -0.2) is 14.5 Å². The lowest BCUT2D eigenvalue weighted by molar-refractivity contribution is 0.667. The van der Waals surface area contributed by atoms with Crippen LogP contribution >= 0.6 is 11.3 Å². The van der Waals surface area contributed by atoms with Gasteiger partial charge in [0.05, 0.1) is 6.54 Å². The summed E-state index contributed by atoms with van der Waals surface area (Å²) in [5, 5.41) is 3.13. The van der Waals surface area contributed by atoms with Gasteiger partial charge in [-0.1, -0.05) is 13.8 Å². The van der Waals surface area contributed by atoms with E-state index in [0.717, 1.165) is 17.4 Å². The summed E-state index contributed by atoms with van der Waals surface area (Å²) in [5.74, 6) is 1.59. The molecule has 0 saturated carbocycles. The van der Waals surface area contributed by atoms with Gasteiger partial charge in [0.1, 0.15) is 10.8 Å². The Kier molecular flexibility index (Phi) is 2.63. The molecule has 0 spiro atoms. The van der Waals surface area contributed by atoms with Crippen molar-refractivity contribution in [2.24, 2.45) is 0 Å². The summed E-state index contributed by atoms with van der Waals surface area (Å²) in [7, 11) is 0. The van der Waals surface area contributed by atoms with Gasteiger partial charge in [-0.15, -0.1) is 11.3 Å². The SMILES string of the molecule is CC(C)c1nccn1Cc1nccs1. The maximum Gasteiger partial charge on any atom is 0.112 e. The normalized spacial score (nSPS) is 11.1. The number of nitrogens with zero attached hydrogens (tertiary/aromatic N) is 3. The summed E-state index contributed by atoms with van der Waals surface area (Å²) < 4.78 is 2.16. The quantitative estimate of drug-likeness (QED) is 0.774. The van der Waals surface area contributed by atoms with Crippen LogP contribution in [0, 0.1) is 0 Å². The number of thiazole rings is 1. The van der Waals surface area contributed by atoms with Crippen LogP contribution in [0.2, 0.25) is 0 Å². The van der Waals surface area contributed by atoms with Gasteiger partial charge in [-0.3, -0.25) is 0 Å². The number of hydrogen-bond acceptors (Lipinski definition) is 3. The van der Waals surface area contributed by atoms with Crippen LogP contribution in [0.3, 0.4) is 0 Å². The maximum atomic E-state index is 4.34. The highest BCUT2D eigenvalue weighted by Crippen LogP contribution is 2.14. The fraction of sp³-hybridized carbons (Fsp3) is 0.400. The van der Waals surface area contributed by atoms with E-state index < -0.39 is 0 Å². The van der Waals surface area contributed by atoms with Crippen molar-refractivity contribution in [2.45, 2.75) is 26.3 Å². The second-order valence-electron chi connectivity index (χ2n) is 3.49. The predicted molar refractivity (Wildman–Crippen MR) is 57.5 cm³/mol. The molecule has 3 nitrogen and oxygen atoms in total. The minimum absolute atomic E-state index is 0.463. The van der Waals surface area contributed by atoms with E-state index in [0.29, 0.717) is 5.92 Å². The molecule has 2 heterocycles. The summed E-state index contributed by atoms with van der Waals surface area (Å²) >= 11 is 1.68. The van der Waals surface area contributed by atoms with Gasteiger partial charge in [0.25, 0.3) is 0 Å². The lowest BCUT2D eigenvalue weighted by Gasteiger charge is -2.07. The first-order valence-corrected chi connectivity index (χ1v) is 5.54. The van der Waals surface area contributed by atoms with Crippen LogP contribution in [0.5, 0.6) is 0 Å². The molecule has 0 saturated heterocycles. The van der Waals surface area contributed by atoms with E-state index in [1.54, 1.807) is 11.3 Å². The third-order valence-corrected chi connectivity index (χ3v) is 2.82. The fourth-order valence-corrected chi connectivity index (χ4v) is 2.05. The van der Waals surface area contributed by atoms with Crippen molar-refractivity contribution in [3.63, 3.8) is 0 Å². The summed E-state index contributed by atoms with van der Waals surface area (Å²) in [6, 6.07) is 0. The molecule has 0 bridgehead atoms. The number of imidazole rings is 1. The third-order valence-electron chi connectivity index (χ3n) is 2.05. The van der Waals surface area contributed by atoms with Gasteiger partial charge in [0.15, 0.2) is 0 Å². The molecule has 0 radical (unpaired) electrons. The van der Waals surface area contributed by atoms with E-state index in [9.17, 15) is 0 Å². The zero-order valence-corrected chi connectivity index (χ0v) is 9.16. The summed E-state index contributed by atoms with van der Waals surface area (Å²) in [5.41, 5.74) is 0. The summed E-state index contributed by atoms with van der Waals surface area (Å²) in [4.78, 5) is 8.60. The monoisotopic (exact) mass is 207 g/mol. The van der Waals surface area contributed by atoms with E-state index in [1.165, 1.54) is 0 Å². The van der Waals surface area contributed by atoms with Crippen molar-refractivity contribution in [3.05, 3.63) is 34.8 Å². The van der Waals surface area contributed by atoms with E-state index in [1.807, 2.05) is 24.0 Å². The molecule has 0 aliphatic carbocycles. The zero-order valence-electron chi connectivity index (χ0n) is 8.34. The Balaban J connectivity index is 2.21. The van der Waals surface area contributed by atoms with E-state index in [-0.39, 0.29) is 0 Å². The first kappa shape index (κ1) is 9.40. The van der Waals surface area contributed by atoms with Gasteiger partial charge >= 0.3 is 0 Å². The standard InChI is InChI=1S/C10H13N3S/c1-8(2)10-12-3-5-13(10)7-9-11-4-6-14-9/h3-6,8H,7H2,1-2H3. The molecular weight excluding hydrogens is 194 g/mol. The average molecular weight is 207 g/mol. The maximum absolute atomic E-state index is 4.34. The molecule has 74 valence electrons. The predicted octanol–water partition coefficient (Wildman–Crippen LogP) is 2.51. The first-order chi connectivity index (χ1) is 6.77. The highest BCUT2D eigenvalue weighted by atomic mass is 32.1. The Morgan fingerprint density at radius 1 is 1.36 bits per heavy atom. The van der Waals surface area contributed by atoms with E-state index in [4.69, 9.17) is 0 Å². The molecule has 0 amide bonds. The molecule has 0 atom stereocenters. The molecule has 0 aromatic carbocycles. The minimum Gasteiger partial charge on any atom is -0.328 e. The molecule has 0 fully saturated rings. The first-order valence-electron chi connectivity index (χ1n) is 4.67. The van der Waals surface area contributed by atoms with Gasteiger partial charge in [0.2, 0.25) is 0 Å². The van der Waals surface area contributed by atoms with Gasteiger partial charge in [0, 0.05) is 29.9 Å². The zero-order chi connectivity index (χ0) is 9.97. The average Bonchev–Trinajstić information content (AvgIpc) is 2.75. The smallest absolute Gasteiger partial charge is 0.112 e. The van der Waals surface area contributed by atoms with E-state index in [2.05, 4.69) is 28.4 Å². The second kappa shape index (κ2) is 3.92. The van der Waals surface area contributed by atoms with Crippen molar-refractivity contribution < 1.29 is 0 Å². The Morgan fingerprint density at radius 3 is 2.86 bits per heavy atom. The van der Waals surface area contributed by atoms with E-state index >= 15 is 0 Å². The molecule has 0 unspecified atom stereocenters. The highest BCUT2D eigenvalue weighted by Gasteiger charge is 2.07. The molecule has 4 heteroatoms. The minimum atomic E-state index is 0.463. The lowest BCUT2D eigenvalue weighted by Crippen LogP contribution is -2.05.